The van der Waals surface area contributed by atoms with Crippen molar-refractivity contribution < 1.29 is 14.3 Å². The molecule has 4 nitrogen and oxygen atoms in total. The first kappa shape index (κ1) is 10.9. The highest BCUT2D eigenvalue weighted by molar-refractivity contribution is 8.00. The Morgan fingerprint density at radius 3 is 2.88 bits per heavy atom. The summed E-state index contributed by atoms with van der Waals surface area (Å²) < 4.78 is 11.2. The Morgan fingerprint density at radius 2 is 2.19 bits per heavy atom. The van der Waals surface area contributed by atoms with Crippen molar-refractivity contribution >= 4 is 17.7 Å². The molecule has 0 aromatic carbocycles. The van der Waals surface area contributed by atoms with Crippen LogP contribution >= 0.6 is 11.8 Å². The molecule has 3 saturated heterocycles. The minimum Gasteiger partial charge on any atom is -0.346 e. The van der Waals surface area contributed by atoms with Gasteiger partial charge in [0.25, 0.3) is 0 Å². The third-order valence-electron chi connectivity index (χ3n) is 3.52. The second-order valence-corrected chi connectivity index (χ2v) is 5.93. The molecule has 0 aromatic heterocycles. The summed E-state index contributed by atoms with van der Waals surface area (Å²) in [5.74, 6) is 0.958. The zero-order valence-corrected chi connectivity index (χ0v) is 10.1. The summed E-state index contributed by atoms with van der Waals surface area (Å²) in [6.45, 7) is 2.75. The Kier molecular flexibility index (Phi) is 2.85. The summed E-state index contributed by atoms with van der Waals surface area (Å²) in [4.78, 5) is 14.1. The highest BCUT2D eigenvalue weighted by Gasteiger charge is 2.45. The first-order valence-electron chi connectivity index (χ1n) is 5.97. The normalized spacial score (nSPS) is 32.8. The summed E-state index contributed by atoms with van der Waals surface area (Å²) in [6.07, 6.45) is 3.04. The van der Waals surface area contributed by atoms with E-state index in [1.807, 2.05) is 4.90 Å². The van der Waals surface area contributed by atoms with Crippen LogP contribution in [0.5, 0.6) is 0 Å². The van der Waals surface area contributed by atoms with E-state index in [0.29, 0.717) is 25.7 Å². The molecule has 0 saturated carbocycles. The maximum Gasteiger partial charge on any atom is 0.235 e. The van der Waals surface area contributed by atoms with Gasteiger partial charge in [-0.2, -0.15) is 0 Å². The van der Waals surface area contributed by atoms with Crippen molar-refractivity contribution in [2.75, 3.05) is 32.1 Å². The molecule has 90 valence electrons. The molecule has 5 heteroatoms. The molecule has 0 bridgehead atoms. The molecule has 0 aromatic rings. The van der Waals surface area contributed by atoms with Crippen LogP contribution in [0.25, 0.3) is 0 Å². The van der Waals surface area contributed by atoms with Gasteiger partial charge in [-0.1, -0.05) is 0 Å². The standard InChI is InChI=1S/C11H17NO3S/c13-10(9-2-1-7-16-9)12-4-3-11(8-12)14-5-6-15-11/h9H,1-8H2. The summed E-state index contributed by atoms with van der Waals surface area (Å²) in [7, 11) is 0. The average Bonchev–Trinajstić information content (AvgIpc) is 3.01. The van der Waals surface area contributed by atoms with Gasteiger partial charge in [-0.3, -0.25) is 4.79 Å². The monoisotopic (exact) mass is 243 g/mol. The van der Waals surface area contributed by atoms with E-state index in [2.05, 4.69) is 0 Å². The minimum atomic E-state index is -0.459. The zero-order chi connectivity index (χ0) is 11.0. The van der Waals surface area contributed by atoms with Gasteiger partial charge in [0, 0.05) is 13.0 Å². The number of thioether (sulfide) groups is 1. The summed E-state index contributed by atoms with van der Waals surface area (Å²) in [6, 6.07) is 0. The van der Waals surface area contributed by atoms with Crippen LogP contribution in [-0.2, 0) is 14.3 Å². The van der Waals surface area contributed by atoms with Crippen molar-refractivity contribution in [3.05, 3.63) is 0 Å². The van der Waals surface area contributed by atoms with Crippen LogP contribution in [0.3, 0.4) is 0 Å². The molecule has 1 unspecified atom stereocenters. The van der Waals surface area contributed by atoms with Gasteiger partial charge in [-0.15, -0.1) is 11.8 Å². The number of hydrogen-bond acceptors (Lipinski definition) is 4. The third-order valence-corrected chi connectivity index (χ3v) is 4.89. The number of nitrogens with zero attached hydrogens (tertiary/aromatic N) is 1. The summed E-state index contributed by atoms with van der Waals surface area (Å²) >= 11 is 1.80. The van der Waals surface area contributed by atoms with Gasteiger partial charge < -0.3 is 14.4 Å². The van der Waals surface area contributed by atoms with Gasteiger partial charge >= 0.3 is 0 Å². The van der Waals surface area contributed by atoms with Crippen molar-refractivity contribution in [2.24, 2.45) is 0 Å². The Morgan fingerprint density at radius 1 is 1.38 bits per heavy atom. The van der Waals surface area contributed by atoms with Crippen molar-refractivity contribution in [3.63, 3.8) is 0 Å². The van der Waals surface area contributed by atoms with Gasteiger partial charge in [0.1, 0.15) is 0 Å². The molecule has 0 N–H and O–H groups in total. The number of rotatable bonds is 1. The zero-order valence-electron chi connectivity index (χ0n) is 9.31. The lowest BCUT2D eigenvalue weighted by atomic mass is 10.2. The van der Waals surface area contributed by atoms with Gasteiger partial charge in [0.05, 0.1) is 25.0 Å². The molecular weight excluding hydrogens is 226 g/mol. The topological polar surface area (TPSA) is 38.8 Å². The molecule has 0 aliphatic carbocycles. The van der Waals surface area contributed by atoms with Gasteiger partial charge in [-0.25, -0.2) is 0 Å². The van der Waals surface area contributed by atoms with Gasteiger partial charge in [-0.05, 0) is 18.6 Å². The fourth-order valence-electron chi connectivity index (χ4n) is 2.65. The summed E-state index contributed by atoms with van der Waals surface area (Å²) in [5.41, 5.74) is 0. The quantitative estimate of drug-likeness (QED) is 0.684. The first-order chi connectivity index (χ1) is 7.79. The van der Waals surface area contributed by atoms with Crippen LogP contribution < -0.4 is 0 Å². The lowest BCUT2D eigenvalue weighted by molar-refractivity contribution is -0.152. The molecule has 16 heavy (non-hydrogen) atoms. The molecule has 3 aliphatic heterocycles. The van der Waals surface area contributed by atoms with E-state index in [9.17, 15) is 4.79 Å². The Hall–Kier alpha value is -0.260. The largest absolute Gasteiger partial charge is 0.346 e. The Labute approximate surface area is 99.6 Å². The van der Waals surface area contributed by atoms with E-state index >= 15 is 0 Å². The molecule has 0 radical (unpaired) electrons. The predicted octanol–water partition coefficient (Wildman–Crippen LogP) is 0.857. The molecule has 3 fully saturated rings. The van der Waals surface area contributed by atoms with Crippen LogP contribution in [0.4, 0.5) is 0 Å². The number of likely N-dealkylation sites (tertiary alicyclic amines) is 1. The minimum absolute atomic E-state index is 0.191. The highest BCUT2D eigenvalue weighted by Crippen LogP contribution is 2.34. The van der Waals surface area contributed by atoms with E-state index in [4.69, 9.17) is 9.47 Å². The highest BCUT2D eigenvalue weighted by atomic mass is 32.2. The second kappa shape index (κ2) is 4.20. The van der Waals surface area contributed by atoms with E-state index in [1.54, 1.807) is 11.8 Å². The fourth-order valence-corrected chi connectivity index (χ4v) is 3.89. The van der Waals surface area contributed by atoms with Crippen LogP contribution in [0.1, 0.15) is 19.3 Å². The number of hydrogen-bond donors (Lipinski definition) is 0. The molecule has 1 amide bonds. The molecule has 1 atom stereocenters. The number of carbonyl (C=O) groups is 1. The van der Waals surface area contributed by atoms with Gasteiger partial charge in [0.2, 0.25) is 5.91 Å². The molecule has 3 aliphatic rings. The second-order valence-electron chi connectivity index (χ2n) is 4.62. The number of amides is 1. The smallest absolute Gasteiger partial charge is 0.235 e. The maximum atomic E-state index is 12.2. The van der Waals surface area contributed by atoms with Crippen molar-refractivity contribution in [1.82, 2.24) is 4.90 Å². The van der Waals surface area contributed by atoms with Crippen LogP contribution in [0.2, 0.25) is 0 Å². The first-order valence-corrected chi connectivity index (χ1v) is 7.02. The van der Waals surface area contributed by atoms with Crippen LogP contribution in [0, 0.1) is 0 Å². The maximum absolute atomic E-state index is 12.2. The fraction of sp³-hybridized carbons (Fsp3) is 0.909. The van der Waals surface area contributed by atoms with E-state index in [0.717, 1.165) is 25.1 Å². The Balaban J connectivity index is 1.62. The SMILES string of the molecule is O=C(C1CCCS1)N1CCC2(C1)OCCO2. The van der Waals surface area contributed by atoms with Crippen molar-refractivity contribution in [3.8, 4) is 0 Å². The molecule has 3 heterocycles. The average molecular weight is 243 g/mol. The predicted molar refractivity (Wildman–Crippen MR) is 61.3 cm³/mol. The number of carbonyl (C=O) groups excluding carboxylic acids is 1. The van der Waals surface area contributed by atoms with E-state index in [1.165, 1.54) is 6.42 Å². The molecular formula is C11H17NO3S. The lowest BCUT2D eigenvalue weighted by Gasteiger charge is -2.23. The Bertz CT molecular complexity index is 285. The van der Waals surface area contributed by atoms with Crippen molar-refractivity contribution in [2.45, 2.75) is 30.3 Å². The third kappa shape index (κ3) is 1.85. The number of ether oxygens (including phenoxy) is 2. The lowest BCUT2D eigenvalue weighted by Crippen LogP contribution is -2.40. The van der Waals surface area contributed by atoms with E-state index < -0.39 is 5.79 Å². The summed E-state index contributed by atoms with van der Waals surface area (Å²) in [5, 5.41) is 0.191. The van der Waals surface area contributed by atoms with E-state index in [-0.39, 0.29) is 5.25 Å². The molecule has 3 rings (SSSR count). The van der Waals surface area contributed by atoms with Crippen molar-refractivity contribution in [1.29, 1.82) is 0 Å². The van der Waals surface area contributed by atoms with Crippen LogP contribution in [-0.4, -0.2) is 53.9 Å². The molecule has 1 spiro atoms. The van der Waals surface area contributed by atoms with Crippen LogP contribution in [0.15, 0.2) is 0 Å². The van der Waals surface area contributed by atoms with Gasteiger partial charge in [0.15, 0.2) is 5.79 Å².